The summed E-state index contributed by atoms with van der Waals surface area (Å²) in [6.45, 7) is 5.01. The fourth-order valence-corrected chi connectivity index (χ4v) is 4.64. The minimum atomic E-state index is 0.149. The highest BCUT2D eigenvalue weighted by Gasteiger charge is 2.27. The van der Waals surface area contributed by atoms with E-state index in [2.05, 4.69) is 6.92 Å². The average molecular weight is 369 g/mol. The van der Waals surface area contributed by atoms with Gasteiger partial charge in [0.1, 0.15) is 10.6 Å². The fourth-order valence-electron chi connectivity index (χ4n) is 3.58. The number of rotatable bonds is 3. The molecule has 0 bridgehead atoms. The molecule has 1 aliphatic rings. The molecular formula is C20H23N3O2S. The average Bonchev–Trinajstić information content (AvgIpc) is 3.21. The number of carbonyl (C=O) groups is 1. The number of fused-ring (bicyclic) bond motifs is 1. The van der Waals surface area contributed by atoms with Gasteiger partial charge < -0.3 is 9.64 Å². The van der Waals surface area contributed by atoms with Crippen LogP contribution in [0.25, 0.3) is 16.2 Å². The summed E-state index contributed by atoms with van der Waals surface area (Å²) in [6.07, 6.45) is 5.41. The molecule has 3 heterocycles. The van der Waals surface area contributed by atoms with Crippen LogP contribution in [0.4, 0.5) is 0 Å². The first-order valence-electron chi connectivity index (χ1n) is 9.02. The number of piperidine rings is 1. The summed E-state index contributed by atoms with van der Waals surface area (Å²) in [5.74, 6) is 0.977. The van der Waals surface area contributed by atoms with E-state index in [9.17, 15) is 4.79 Å². The lowest BCUT2D eigenvalue weighted by Crippen LogP contribution is -2.41. The maximum Gasteiger partial charge on any atom is 0.266 e. The van der Waals surface area contributed by atoms with E-state index in [1.807, 2.05) is 46.7 Å². The van der Waals surface area contributed by atoms with Crippen LogP contribution in [0.2, 0.25) is 0 Å². The lowest BCUT2D eigenvalue weighted by Gasteiger charge is -2.33. The lowest BCUT2D eigenvalue weighted by molar-refractivity contribution is 0.0639. The maximum atomic E-state index is 13.0. The first-order chi connectivity index (χ1) is 12.6. The van der Waals surface area contributed by atoms with E-state index < -0.39 is 0 Å². The fraction of sp³-hybridized carbons (Fsp3) is 0.400. The number of ether oxygens (including phenoxy) is 1. The van der Waals surface area contributed by atoms with Crippen molar-refractivity contribution in [3.05, 3.63) is 41.0 Å². The van der Waals surface area contributed by atoms with Crippen LogP contribution in [0.15, 0.2) is 30.5 Å². The van der Waals surface area contributed by atoms with Gasteiger partial charge >= 0.3 is 0 Å². The molecule has 26 heavy (non-hydrogen) atoms. The molecule has 0 radical (unpaired) electrons. The molecule has 1 atom stereocenters. The SMILES string of the molecule is COc1ccc(-c2cn3c(C)c(C(=O)N4CCCCC4C)sc3n2)cc1. The molecule has 1 saturated heterocycles. The molecule has 1 fully saturated rings. The molecule has 5 nitrogen and oxygen atoms in total. The minimum absolute atomic E-state index is 0.149. The molecular weight excluding hydrogens is 346 g/mol. The second kappa shape index (κ2) is 6.76. The van der Waals surface area contributed by atoms with Gasteiger partial charge in [-0.2, -0.15) is 0 Å². The zero-order valence-electron chi connectivity index (χ0n) is 15.4. The Labute approximate surface area is 157 Å². The van der Waals surface area contributed by atoms with E-state index in [4.69, 9.17) is 9.72 Å². The molecule has 1 aliphatic heterocycles. The third kappa shape index (κ3) is 2.88. The predicted molar refractivity (Wildman–Crippen MR) is 104 cm³/mol. The number of methoxy groups -OCH3 is 1. The second-order valence-corrected chi connectivity index (χ2v) is 7.84. The van der Waals surface area contributed by atoms with Crippen LogP contribution in [-0.2, 0) is 0 Å². The molecule has 1 amide bonds. The molecule has 0 saturated carbocycles. The summed E-state index contributed by atoms with van der Waals surface area (Å²) in [6, 6.07) is 8.19. The molecule has 136 valence electrons. The van der Waals surface area contributed by atoms with Crippen LogP contribution < -0.4 is 4.74 Å². The maximum absolute atomic E-state index is 13.0. The van der Waals surface area contributed by atoms with Crippen LogP contribution in [0.3, 0.4) is 0 Å². The number of thiazole rings is 1. The van der Waals surface area contributed by atoms with Gasteiger partial charge in [0.05, 0.1) is 12.8 Å². The van der Waals surface area contributed by atoms with Crippen molar-refractivity contribution in [1.29, 1.82) is 0 Å². The Balaban J connectivity index is 1.65. The Morgan fingerprint density at radius 1 is 1.27 bits per heavy atom. The van der Waals surface area contributed by atoms with Crippen LogP contribution >= 0.6 is 11.3 Å². The molecule has 0 N–H and O–H groups in total. The monoisotopic (exact) mass is 369 g/mol. The Morgan fingerprint density at radius 2 is 2.04 bits per heavy atom. The van der Waals surface area contributed by atoms with Crippen LogP contribution in [0.1, 0.15) is 41.6 Å². The van der Waals surface area contributed by atoms with Gasteiger partial charge in [-0.1, -0.05) is 11.3 Å². The van der Waals surface area contributed by atoms with E-state index >= 15 is 0 Å². The van der Waals surface area contributed by atoms with Gasteiger partial charge in [-0.25, -0.2) is 4.98 Å². The molecule has 0 spiro atoms. The van der Waals surface area contributed by atoms with Crippen molar-refractivity contribution in [2.75, 3.05) is 13.7 Å². The molecule has 6 heteroatoms. The summed E-state index contributed by atoms with van der Waals surface area (Å²) in [5, 5.41) is 0. The number of amides is 1. The van der Waals surface area contributed by atoms with E-state index in [-0.39, 0.29) is 5.91 Å². The van der Waals surface area contributed by atoms with Crippen LogP contribution in [0.5, 0.6) is 5.75 Å². The number of imidazole rings is 1. The molecule has 2 aromatic heterocycles. The van der Waals surface area contributed by atoms with Gasteiger partial charge in [0, 0.05) is 30.0 Å². The van der Waals surface area contributed by atoms with Crippen molar-refractivity contribution in [2.45, 2.75) is 39.2 Å². The summed E-state index contributed by atoms with van der Waals surface area (Å²) in [5.41, 5.74) is 2.92. The number of benzene rings is 1. The van der Waals surface area contributed by atoms with Gasteiger partial charge in [0.15, 0.2) is 4.96 Å². The van der Waals surface area contributed by atoms with E-state index in [0.29, 0.717) is 6.04 Å². The summed E-state index contributed by atoms with van der Waals surface area (Å²) < 4.78 is 7.24. The number of carbonyl (C=O) groups excluding carboxylic acids is 1. The smallest absolute Gasteiger partial charge is 0.266 e. The minimum Gasteiger partial charge on any atom is -0.497 e. The summed E-state index contributed by atoms with van der Waals surface area (Å²) >= 11 is 1.49. The van der Waals surface area contributed by atoms with Crippen molar-refractivity contribution >= 4 is 22.2 Å². The highest BCUT2D eigenvalue weighted by atomic mass is 32.1. The van der Waals surface area contributed by atoms with Gasteiger partial charge in [-0.15, -0.1) is 0 Å². The number of nitrogens with zero attached hydrogens (tertiary/aromatic N) is 3. The first-order valence-corrected chi connectivity index (χ1v) is 9.84. The van der Waals surface area contributed by atoms with Crippen molar-refractivity contribution < 1.29 is 9.53 Å². The largest absolute Gasteiger partial charge is 0.497 e. The molecule has 1 unspecified atom stereocenters. The molecule has 1 aromatic carbocycles. The Bertz CT molecular complexity index is 942. The van der Waals surface area contributed by atoms with Crippen LogP contribution in [0, 0.1) is 6.92 Å². The summed E-state index contributed by atoms with van der Waals surface area (Å²) in [7, 11) is 1.66. The second-order valence-electron chi connectivity index (χ2n) is 6.87. The van der Waals surface area contributed by atoms with E-state index in [0.717, 1.165) is 51.9 Å². The molecule has 4 rings (SSSR count). The van der Waals surface area contributed by atoms with Crippen LogP contribution in [-0.4, -0.2) is 39.9 Å². The third-order valence-electron chi connectivity index (χ3n) is 5.20. The number of hydrogen-bond donors (Lipinski definition) is 0. The predicted octanol–water partition coefficient (Wildman–Crippen LogP) is 4.39. The summed E-state index contributed by atoms with van der Waals surface area (Å²) in [4.78, 5) is 21.4. The van der Waals surface area contributed by atoms with Crippen molar-refractivity contribution in [3.63, 3.8) is 0 Å². The quantitative estimate of drug-likeness (QED) is 0.688. The topological polar surface area (TPSA) is 46.8 Å². The number of aryl methyl sites for hydroxylation is 1. The Kier molecular flexibility index (Phi) is 4.44. The molecule has 0 aliphatic carbocycles. The standard InChI is InChI=1S/C20H23N3O2S/c1-13-6-4-5-11-22(13)19(24)18-14(2)23-12-17(21-20(23)26-18)15-7-9-16(25-3)10-8-15/h7-10,12-13H,4-6,11H2,1-3H3. The van der Waals surface area contributed by atoms with Crippen molar-refractivity contribution in [3.8, 4) is 17.0 Å². The Hall–Kier alpha value is -2.34. The number of likely N-dealkylation sites (tertiary alicyclic amines) is 1. The zero-order chi connectivity index (χ0) is 18.3. The van der Waals surface area contributed by atoms with Gasteiger partial charge in [0.2, 0.25) is 0 Å². The number of hydrogen-bond acceptors (Lipinski definition) is 4. The molecule has 3 aromatic rings. The third-order valence-corrected chi connectivity index (χ3v) is 6.35. The number of aromatic nitrogens is 2. The Morgan fingerprint density at radius 3 is 2.69 bits per heavy atom. The lowest BCUT2D eigenvalue weighted by atomic mass is 10.0. The highest BCUT2D eigenvalue weighted by molar-refractivity contribution is 7.19. The van der Waals surface area contributed by atoms with Gasteiger partial charge in [-0.05, 0) is 57.4 Å². The van der Waals surface area contributed by atoms with Crippen molar-refractivity contribution in [1.82, 2.24) is 14.3 Å². The first kappa shape index (κ1) is 17.1. The highest BCUT2D eigenvalue weighted by Crippen LogP contribution is 2.30. The van der Waals surface area contributed by atoms with Crippen molar-refractivity contribution in [2.24, 2.45) is 0 Å². The van der Waals surface area contributed by atoms with Gasteiger partial charge in [-0.3, -0.25) is 9.20 Å². The van der Waals surface area contributed by atoms with E-state index in [1.54, 1.807) is 7.11 Å². The zero-order valence-corrected chi connectivity index (χ0v) is 16.2. The van der Waals surface area contributed by atoms with Gasteiger partial charge in [0.25, 0.3) is 5.91 Å². The normalized spacial score (nSPS) is 17.7. The van der Waals surface area contributed by atoms with E-state index in [1.165, 1.54) is 17.8 Å².